The smallest absolute Gasteiger partial charge is 0.146 e. The number of methoxy groups -OCH3 is 1. The first-order valence-electron chi connectivity index (χ1n) is 6.95. The lowest BCUT2D eigenvalue weighted by atomic mass is 10.1. The van der Waals surface area contributed by atoms with Crippen LogP contribution in [0.4, 0.5) is 10.1 Å². The summed E-state index contributed by atoms with van der Waals surface area (Å²) in [7, 11) is 1.65. The van der Waals surface area contributed by atoms with E-state index in [0.29, 0.717) is 25.4 Å². The lowest BCUT2D eigenvalue weighted by molar-refractivity contribution is 0.199. The highest BCUT2D eigenvalue weighted by atomic mass is 19.1. The quantitative estimate of drug-likeness (QED) is 0.678. The normalized spacial score (nSPS) is 11.1. The zero-order chi connectivity index (χ0) is 15.0. The van der Waals surface area contributed by atoms with Gasteiger partial charge in [-0.3, -0.25) is 0 Å². The Morgan fingerprint density at radius 2 is 2.15 bits per heavy atom. The first-order chi connectivity index (χ1) is 9.60. The minimum atomic E-state index is -0.252. The fourth-order valence-electron chi connectivity index (χ4n) is 2.06. The summed E-state index contributed by atoms with van der Waals surface area (Å²) < 4.78 is 19.1. The van der Waals surface area contributed by atoms with E-state index in [0.717, 1.165) is 12.1 Å². The summed E-state index contributed by atoms with van der Waals surface area (Å²) in [4.78, 5) is 1.86. The van der Waals surface area contributed by atoms with Gasteiger partial charge in [-0.15, -0.1) is 0 Å². The Balaban J connectivity index is 2.71. The molecule has 0 aliphatic rings. The van der Waals surface area contributed by atoms with Crippen LogP contribution in [-0.4, -0.2) is 44.6 Å². The Morgan fingerprint density at radius 3 is 2.70 bits per heavy atom. The molecule has 0 aliphatic heterocycles. The van der Waals surface area contributed by atoms with Crippen LogP contribution in [0, 0.1) is 5.82 Å². The lowest BCUT2D eigenvalue weighted by Crippen LogP contribution is -2.34. The topological polar surface area (TPSA) is 44.7 Å². The van der Waals surface area contributed by atoms with E-state index in [1.165, 1.54) is 0 Å². The van der Waals surface area contributed by atoms with Crippen molar-refractivity contribution in [3.8, 4) is 0 Å². The van der Waals surface area contributed by atoms with Gasteiger partial charge < -0.3 is 20.1 Å². The molecule has 1 rings (SSSR count). The summed E-state index contributed by atoms with van der Waals surface area (Å²) in [6.07, 6.45) is 0. The Labute approximate surface area is 120 Å². The molecule has 2 N–H and O–H groups in total. The van der Waals surface area contributed by atoms with Gasteiger partial charge in [-0.05, 0) is 31.5 Å². The first kappa shape index (κ1) is 16.9. The molecule has 0 spiro atoms. The summed E-state index contributed by atoms with van der Waals surface area (Å²) in [6, 6.07) is 5.37. The average Bonchev–Trinajstić information content (AvgIpc) is 2.41. The van der Waals surface area contributed by atoms with Crippen molar-refractivity contribution in [3.63, 3.8) is 0 Å². The number of anilines is 1. The summed E-state index contributed by atoms with van der Waals surface area (Å²) >= 11 is 0. The Bertz CT molecular complexity index is 399. The predicted octanol–water partition coefficient (Wildman–Crippen LogP) is 1.77. The van der Waals surface area contributed by atoms with Gasteiger partial charge in [-0.1, -0.05) is 6.07 Å². The van der Waals surface area contributed by atoms with Crippen molar-refractivity contribution >= 4 is 5.69 Å². The molecule has 0 aromatic heterocycles. The molecular weight excluding hydrogens is 259 g/mol. The van der Waals surface area contributed by atoms with Gasteiger partial charge in [0.2, 0.25) is 0 Å². The van der Waals surface area contributed by atoms with Gasteiger partial charge in [-0.2, -0.15) is 0 Å². The number of ether oxygens (including phenoxy) is 1. The van der Waals surface area contributed by atoms with Crippen LogP contribution in [0.25, 0.3) is 0 Å². The highest BCUT2D eigenvalue weighted by Crippen LogP contribution is 2.22. The highest BCUT2D eigenvalue weighted by Gasteiger charge is 2.14. The molecule has 0 saturated carbocycles. The number of nitrogens with one attached hydrogen (secondary N) is 1. The van der Waals surface area contributed by atoms with Crippen molar-refractivity contribution in [1.29, 1.82) is 0 Å². The molecule has 0 fully saturated rings. The standard InChI is InChI=1S/C15H25FN2O2/c1-12(2)18(7-8-19)15-5-4-13(10-14(15)16)11-17-6-9-20-3/h4-5,10,12,17,19H,6-9,11H2,1-3H3. The average molecular weight is 284 g/mol. The fourth-order valence-corrected chi connectivity index (χ4v) is 2.06. The van der Waals surface area contributed by atoms with Crippen LogP contribution in [0.15, 0.2) is 18.2 Å². The summed E-state index contributed by atoms with van der Waals surface area (Å²) in [5, 5.41) is 12.3. The van der Waals surface area contributed by atoms with Crippen LogP contribution < -0.4 is 10.2 Å². The minimum Gasteiger partial charge on any atom is -0.395 e. The molecule has 0 bridgehead atoms. The van der Waals surface area contributed by atoms with Gasteiger partial charge in [0.05, 0.1) is 18.9 Å². The number of hydrogen-bond acceptors (Lipinski definition) is 4. The van der Waals surface area contributed by atoms with E-state index < -0.39 is 0 Å². The van der Waals surface area contributed by atoms with Crippen LogP contribution in [0.2, 0.25) is 0 Å². The van der Waals surface area contributed by atoms with Gasteiger partial charge in [0.25, 0.3) is 0 Å². The second-order valence-corrected chi connectivity index (χ2v) is 4.97. The molecule has 0 unspecified atom stereocenters. The van der Waals surface area contributed by atoms with Crippen LogP contribution in [0.1, 0.15) is 19.4 Å². The van der Waals surface area contributed by atoms with E-state index in [1.54, 1.807) is 19.2 Å². The Kier molecular flexibility index (Phi) is 7.51. The molecule has 1 aromatic carbocycles. The minimum absolute atomic E-state index is 0.0118. The molecule has 20 heavy (non-hydrogen) atoms. The predicted molar refractivity (Wildman–Crippen MR) is 79.6 cm³/mol. The van der Waals surface area contributed by atoms with Crippen LogP contribution >= 0.6 is 0 Å². The molecule has 0 radical (unpaired) electrons. The van der Waals surface area contributed by atoms with Gasteiger partial charge in [-0.25, -0.2) is 4.39 Å². The molecule has 5 heteroatoms. The Hall–Kier alpha value is -1.17. The van der Waals surface area contributed by atoms with Gasteiger partial charge in [0, 0.05) is 32.8 Å². The monoisotopic (exact) mass is 284 g/mol. The number of nitrogens with zero attached hydrogens (tertiary/aromatic N) is 1. The van der Waals surface area contributed by atoms with Gasteiger partial charge >= 0.3 is 0 Å². The van der Waals surface area contributed by atoms with Crippen LogP contribution in [0.3, 0.4) is 0 Å². The van der Waals surface area contributed by atoms with Crippen molar-refractivity contribution in [2.75, 3.05) is 38.3 Å². The summed E-state index contributed by atoms with van der Waals surface area (Å²) in [5.41, 5.74) is 1.43. The molecule has 4 nitrogen and oxygen atoms in total. The molecule has 0 amide bonds. The van der Waals surface area contributed by atoms with E-state index in [9.17, 15) is 4.39 Å². The van der Waals surface area contributed by atoms with Gasteiger partial charge in [0.1, 0.15) is 5.82 Å². The maximum absolute atomic E-state index is 14.2. The van der Waals surface area contributed by atoms with Crippen molar-refractivity contribution in [2.24, 2.45) is 0 Å². The third-order valence-corrected chi connectivity index (χ3v) is 3.10. The molecule has 0 aliphatic carbocycles. The maximum Gasteiger partial charge on any atom is 0.146 e. The number of halogens is 1. The maximum atomic E-state index is 14.2. The molecule has 0 atom stereocenters. The van der Waals surface area contributed by atoms with Gasteiger partial charge in [0.15, 0.2) is 0 Å². The Morgan fingerprint density at radius 1 is 1.40 bits per heavy atom. The third kappa shape index (κ3) is 5.07. The van der Waals surface area contributed by atoms with Crippen molar-refractivity contribution in [2.45, 2.75) is 26.4 Å². The second-order valence-electron chi connectivity index (χ2n) is 4.97. The molecule has 114 valence electrons. The van der Waals surface area contributed by atoms with Crippen molar-refractivity contribution < 1.29 is 14.2 Å². The second kappa shape index (κ2) is 8.89. The zero-order valence-electron chi connectivity index (χ0n) is 12.5. The van der Waals surface area contributed by atoms with E-state index in [4.69, 9.17) is 9.84 Å². The summed E-state index contributed by atoms with van der Waals surface area (Å²) in [6.45, 7) is 6.39. The lowest BCUT2D eigenvalue weighted by Gasteiger charge is -2.28. The van der Waals surface area contributed by atoms with E-state index in [-0.39, 0.29) is 18.5 Å². The van der Waals surface area contributed by atoms with Crippen LogP contribution in [0.5, 0.6) is 0 Å². The molecule has 0 saturated heterocycles. The highest BCUT2D eigenvalue weighted by molar-refractivity contribution is 5.50. The van der Waals surface area contributed by atoms with Crippen LogP contribution in [-0.2, 0) is 11.3 Å². The van der Waals surface area contributed by atoms with Crippen molar-refractivity contribution in [3.05, 3.63) is 29.6 Å². The zero-order valence-corrected chi connectivity index (χ0v) is 12.5. The number of hydrogen-bond donors (Lipinski definition) is 2. The number of aliphatic hydroxyl groups is 1. The largest absolute Gasteiger partial charge is 0.395 e. The fraction of sp³-hybridized carbons (Fsp3) is 0.600. The molecular formula is C15H25FN2O2. The van der Waals surface area contributed by atoms with E-state index in [2.05, 4.69) is 5.32 Å². The van der Waals surface area contributed by atoms with E-state index in [1.807, 2.05) is 24.8 Å². The molecule has 0 heterocycles. The van der Waals surface area contributed by atoms with Crippen molar-refractivity contribution in [1.82, 2.24) is 5.32 Å². The summed E-state index contributed by atoms with van der Waals surface area (Å²) in [5.74, 6) is -0.252. The first-order valence-corrected chi connectivity index (χ1v) is 6.95. The van der Waals surface area contributed by atoms with E-state index >= 15 is 0 Å². The number of aliphatic hydroxyl groups excluding tert-OH is 1. The SMILES string of the molecule is COCCNCc1ccc(N(CCO)C(C)C)c(F)c1. The number of rotatable bonds is 9. The number of benzene rings is 1. The third-order valence-electron chi connectivity index (χ3n) is 3.10. The molecule has 1 aromatic rings.